The third-order valence-electron chi connectivity index (χ3n) is 1.92. The minimum Gasteiger partial charge on any atom is -0.508 e. The highest BCUT2D eigenvalue weighted by Crippen LogP contribution is 2.33. The zero-order valence-electron chi connectivity index (χ0n) is 7.23. The van der Waals surface area contributed by atoms with E-state index in [1.54, 1.807) is 6.07 Å². The number of aromatic nitrogens is 2. The van der Waals surface area contributed by atoms with Crippen LogP contribution in [-0.4, -0.2) is 20.4 Å². The van der Waals surface area contributed by atoms with Gasteiger partial charge in [-0.05, 0) is 12.1 Å². The second-order valence-electron chi connectivity index (χ2n) is 2.90. The molecule has 0 aliphatic heterocycles. The summed E-state index contributed by atoms with van der Waals surface area (Å²) in [5.41, 5.74) is 7.12. The molecule has 0 atom stereocenters. The van der Waals surface area contributed by atoms with Crippen molar-refractivity contribution in [1.82, 2.24) is 10.2 Å². The summed E-state index contributed by atoms with van der Waals surface area (Å²) in [6.45, 7) is 0. The highest BCUT2D eigenvalue weighted by molar-refractivity contribution is 5.76. The predicted octanol–water partition coefficient (Wildman–Crippen LogP) is 1.07. The fraction of sp³-hybridized carbons (Fsp3) is 0. The van der Waals surface area contributed by atoms with E-state index in [1.165, 1.54) is 18.3 Å². The Balaban J connectivity index is 2.58. The highest BCUT2D eigenvalue weighted by Gasteiger charge is 2.09. The summed E-state index contributed by atoms with van der Waals surface area (Å²) in [7, 11) is 0. The quantitative estimate of drug-likeness (QED) is 0.542. The summed E-state index contributed by atoms with van der Waals surface area (Å²) >= 11 is 0. The molecule has 0 amide bonds. The first kappa shape index (κ1) is 8.43. The van der Waals surface area contributed by atoms with Crippen LogP contribution in [-0.2, 0) is 0 Å². The Morgan fingerprint density at radius 1 is 1.29 bits per heavy atom. The number of H-pyrrole nitrogens is 1. The van der Waals surface area contributed by atoms with Crippen LogP contribution in [0.5, 0.6) is 11.5 Å². The average molecular weight is 191 g/mol. The maximum atomic E-state index is 9.52. The van der Waals surface area contributed by atoms with Gasteiger partial charge in [0.2, 0.25) is 0 Å². The fourth-order valence-electron chi connectivity index (χ4n) is 1.24. The van der Waals surface area contributed by atoms with Gasteiger partial charge in [-0.2, -0.15) is 5.10 Å². The van der Waals surface area contributed by atoms with E-state index >= 15 is 0 Å². The molecular weight excluding hydrogens is 182 g/mol. The van der Waals surface area contributed by atoms with Crippen LogP contribution in [0.2, 0.25) is 0 Å². The molecule has 0 aliphatic carbocycles. The maximum absolute atomic E-state index is 9.52. The highest BCUT2D eigenvalue weighted by atomic mass is 16.3. The Kier molecular flexibility index (Phi) is 1.78. The van der Waals surface area contributed by atoms with E-state index in [9.17, 15) is 5.11 Å². The number of nitrogens with two attached hydrogens (primary N) is 1. The number of aromatic amines is 1. The largest absolute Gasteiger partial charge is 0.508 e. The summed E-state index contributed by atoms with van der Waals surface area (Å²) in [6, 6.07) is 4.28. The van der Waals surface area contributed by atoms with Gasteiger partial charge >= 0.3 is 0 Å². The van der Waals surface area contributed by atoms with Crippen molar-refractivity contribution in [3.05, 3.63) is 24.4 Å². The summed E-state index contributed by atoms with van der Waals surface area (Å²) in [5, 5.41) is 25.0. The molecular formula is C9H9N3O2. The number of phenols is 2. The SMILES string of the molecule is Nc1cn[nH]c1-c1ccc(O)cc1O. The minimum absolute atomic E-state index is 0.00402. The number of nitrogens with one attached hydrogen (secondary N) is 1. The third kappa shape index (κ3) is 1.24. The van der Waals surface area contributed by atoms with Crippen LogP contribution in [0.25, 0.3) is 11.3 Å². The summed E-state index contributed by atoms with van der Waals surface area (Å²) in [5.74, 6) is -0.0368. The summed E-state index contributed by atoms with van der Waals surface area (Å²) in [4.78, 5) is 0. The van der Waals surface area contributed by atoms with Crippen molar-refractivity contribution in [3.63, 3.8) is 0 Å². The molecule has 1 aromatic carbocycles. The first-order chi connectivity index (χ1) is 6.68. The van der Waals surface area contributed by atoms with Crippen molar-refractivity contribution in [3.8, 4) is 22.8 Å². The molecule has 0 unspecified atom stereocenters. The Hall–Kier alpha value is -2.17. The molecule has 2 rings (SSSR count). The Labute approximate surface area is 79.8 Å². The van der Waals surface area contributed by atoms with Crippen LogP contribution < -0.4 is 5.73 Å². The lowest BCUT2D eigenvalue weighted by molar-refractivity contribution is 0.452. The molecule has 0 fully saturated rings. The fourth-order valence-corrected chi connectivity index (χ4v) is 1.24. The van der Waals surface area contributed by atoms with E-state index in [0.29, 0.717) is 16.9 Å². The first-order valence-corrected chi connectivity index (χ1v) is 3.99. The van der Waals surface area contributed by atoms with E-state index in [0.717, 1.165) is 0 Å². The number of rotatable bonds is 1. The van der Waals surface area contributed by atoms with E-state index in [2.05, 4.69) is 10.2 Å². The number of anilines is 1. The molecule has 5 heteroatoms. The van der Waals surface area contributed by atoms with Gasteiger partial charge in [0.05, 0.1) is 17.6 Å². The molecule has 1 heterocycles. The zero-order valence-corrected chi connectivity index (χ0v) is 7.23. The van der Waals surface area contributed by atoms with Crippen LogP contribution in [0.15, 0.2) is 24.4 Å². The van der Waals surface area contributed by atoms with Gasteiger partial charge in [-0.15, -0.1) is 0 Å². The molecule has 0 saturated carbocycles. The van der Waals surface area contributed by atoms with E-state index in [4.69, 9.17) is 10.8 Å². The van der Waals surface area contributed by atoms with Gasteiger partial charge in [-0.3, -0.25) is 5.10 Å². The van der Waals surface area contributed by atoms with E-state index < -0.39 is 0 Å². The Morgan fingerprint density at radius 2 is 2.07 bits per heavy atom. The van der Waals surface area contributed by atoms with Gasteiger partial charge in [0.1, 0.15) is 11.5 Å². The number of benzene rings is 1. The maximum Gasteiger partial charge on any atom is 0.128 e. The predicted molar refractivity (Wildman–Crippen MR) is 51.8 cm³/mol. The molecule has 72 valence electrons. The monoisotopic (exact) mass is 191 g/mol. The smallest absolute Gasteiger partial charge is 0.128 e. The van der Waals surface area contributed by atoms with Gasteiger partial charge in [0.15, 0.2) is 0 Å². The molecule has 5 nitrogen and oxygen atoms in total. The van der Waals surface area contributed by atoms with Crippen molar-refractivity contribution in [2.45, 2.75) is 0 Å². The molecule has 5 N–H and O–H groups in total. The topological polar surface area (TPSA) is 95.2 Å². The van der Waals surface area contributed by atoms with E-state index in [-0.39, 0.29) is 11.5 Å². The second kappa shape index (κ2) is 2.95. The molecule has 2 aromatic rings. The number of hydrogen-bond donors (Lipinski definition) is 4. The normalized spacial score (nSPS) is 10.3. The zero-order chi connectivity index (χ0) is 10.1. The van der Waals surface area contributed by atoms with Crippen LogP contribution in [0.4, 0.5) is 5.69 Å². The molecule has 0 radical (unpaired) electrons. The third-order valence-corrected chi connectivity index (χ3v) is 1.92. The first-order valence-electron chi connectivity index (χ1n) is 3.99. The van der Waals surface area contributed by atoms with Crippen LogP contribution >= 0.6 is 0 Å². The van der Waals surface area contributed by atoms with Gasteiger partial charge in [0.25, 0.3) is 0 Å². The molecule has 0 saturated heterocycles. The molecule has 0 aliphatic rings. The lowest BCUT2D eigenvalue weighted by atomic mass is 10.1. The van der Waals surface area contributed by atoms with Gasteiger partial charge < -0.3 is 15.9 Å². The standard InChI is InChI=1S/C9H9N3O2/c10-7-4-11-12-9(7)6-2-1-5(13)3-8(6)14/h1-4,13-14H,10H2,(H,11,12). The van der Waals surface area contributed by atoms with Crippen LogP contribution in [0.3, 0.4) is 0 Å². The van der Waals surface area contributed by atoms with Crippen molar-refractivity contribution < 1.29 is 10.2 Å². The number of phenolic OH excluding ortho intramolecular Hbond substituents is 2. The number of hydrogen-bond acceptors (Lipinski definition) is 4. The van der Waals surface area contributed by atoms with Crippen LogP contribution in [0.1, 0.15) is 0 Å². The van der Waals surface area contributed by atoms with Crippen molar-refractivity contribution >= 4 is 5.69 Å². The summed E-state index contributed by atoms with van der Waals surface area (Å²) in [6.07, 6.45) is 1.46. The Bertz CT molecular complexity index is 465. The number of nitrogen functional groups attached to an aromatic ring is 1. The average Bonchev–Trinajstić information content (AvgIpc) is 2.52. The second-order valence-corrected chi connectivity index (χ2v) is 2.90. The van der Waals surface area contributed by atoms with Gasteiger partial charge in [-0.25, -0.2) is 0 Å². The molecule has 1 aromatic heterocycles. The Morgan fingerprint density at radius 3 is 2.64 bits per heavy atom. The minimum atomic E-state index is -0.0408. The van der Waals surface area contributed by atoms with Gasteiger partial charge in [-0.1, -0.05) is 0 Å². The van der Waals surface area contributed by atoms with Crippen molar-refractivity contribution in [2.75, 3.05) is 5.73 Å². The van der Waals surface area contributed by atoms with Gasteiger partial charge in [0, 0.05) is 11.6 Å². The lowest BCUT2D eigenvalue weighted by Gasteiger charge is -2.03. The molecule has 0 spiro atoms. The summed E-state index contributed by atoms with van der Waals surface area (Å²) < 4.78 is 0. The molecule has 14 heavy (non-hydrogen) atoms. The lowest BCUT2D eigenvalue weighted by Crippen LogP contribution is -1.86. The van der Waals surface area contributed by atoms with Crippen molar-refractivity contribution in [1.29, 1.82) is 0 Å². The van der Waals surface area contributed by atoms with Crippen LogP contribution in [0, 0.1) is 0 Å². The number of aromatic hydroxyl groups is 2. The molecule has 0 bridgehead atoms. The number of nitrogens with zero attached hydrogens (tertiary/aromatic N) is 1. The van der Waals surface area contributed by atoms with E-state index in [1.807, 2.05) is 0 Å². The van der Waals surface area contributed by atoms with Crippen molar-refractivity contribution in [2.24, 2.45) is 0 Å².